The molecule has 262 valence electrons. The molecular formula is C39H54ClN3O5. The largest absolute Gasteiger partial charge is 0.462 e. The van der Waals surface area contributed by atoms with Crippen molar-refractivity contribution in [1.82, 2.24) is 4.98 Å². The number of allylic oxidation sites excluding steroid dienone is 1. The number of aliphatic hydroxyl groups is 2. The van der Waals surface area contributed by atoms with Gasteiger partial charge in [-0.3, -0.25) is 14.8 Å². The zero-order chi connectivity index (χ0) is 35.4. The van der Waals surface area contributed by atoms with Gasteiger partial charge in [0, 0.05) is 35.6 Å². The van der Waals surface area contributed by atoms with Gasteiger partial charge < -0.3 is 19.8 Å². The number of anilines is 1. The van der Waals surface area contributed by atoms with E-state index in [4.69, 9.17) is 26.6 Å². The minimum absolute atomic E-state index is 0.0282. The molecule has 1 aliphatic heterocycles. The van der Waals surface area contributed by atoms with Crippen molar-refractivity contribution in [3.8, 4) is 0 Å². The molecule has 4 rings (SSSR count). The van der Waals surface area contributed by atoms with Gasteiger partial charge in [-0.1, -0.05) is 113 Å². The fourth-order valence-corrected chi connectivity index (χ4v) is 4.80. The number of ether oxygens (including phenoxy) is 1. The van der Waals surface area contributed by atoms with E-state index in [1.807, 2.05) is 49.4 Å². The zero-order valence-corrected chi connectivity index (χ0v) is 29.7. The van der Waals surface area contributed by atoms with Crippen LogP contribution in [0.15, 0.2) is 90.7 Å². The second-order valence-electron chi connectivity index (χ2n) is 11.1. The maximum absolute atomic E-state index is 12.0. The molecule has 3 aromatic rings. The lowest BCUT2D eigenvalue weighted by molar-refractivity contribution is -0.116. The van der Waals surface area contributed by atoms with E-state index in [-0.39, 0.29) is 31.6 Å². The lowest BCUT2D eigenvalue weighted by Crippen LogP contribution is -2.27. The fraction of sp³-hybridized carbons (Fsp3) is 0.436. The second kappa shape index (κ2) is 27.1. The highest BCUT2D eigenvalue weighted by molar-refractivity contribution is 6.32. The van der Waals surface area contributed by atoms with Gasteiger partial charge in [-0.25, -0.2) is 4.79 Å². The number of esters is 1. The van der Waals surface area contributed by atoms with Crippen LogP contribution < -0.4 is 4.90 Å². The van der Waals surface area contributed by atoms with E-state index >= 15 is 0 Å². The Morgan fingerprint density at radius 2 is 1.54 bits per heavy atom. The highest BCUT2D eigenvalue weighted by Crippen LogP contribution is 2.28. The summed E-state index contributed by atoms with van der Waals surface area (Å²) in [7, 11) is 1.76. The molecule has 0 saturated heterocycles. The Bertz CT molecular complexity index is 1330. The molecule has 0 bridgehead atoms. The number of rotatable bonds is 14. The monoisotopic (exact) mass is 679 g/mol. The molecule has 0 radical (unpaired) electrons. The van der Waals surface area contributed by atoms with E-state index in [1.165, 1.54) is 51.4 Å². The minimum atomic E-state index is -0.265. The Balaban J connectivity index is 0.000000402. The number of halogens is 1. The normalized spacial score (nSPS) is 11.6. The van der Waals surface area contributed by atoms with E-state index in [9.17, 15) is 9.59 Å². The van der Waals surface area contributed by atoms with Gasteiger partial charge in [-0.15, -0.1) is 6.58 Å². The van der Waals surface area contributed by atoms with Crippen molar-refractivity contribution in [2.45, 2.75) is 78.1 Å². The number of amides is 1. The van der Waals surface area contributed by atoms with Crippen LogP contribution >= 0.6 is 11.6 Å². The first-order chi connectivity index (χ1) is 23.3. The third-order valence-electron chi connectivity index (χ3n) is 7.10. The number of benzodiazepines with no additional fused rings is 1. The van der Waals surface area contributed by atoms with Crippen LogP contribution in [0.4, 0.5) is 5.69 Å². The number of hydrogen-bond donors (Lipinski definition) is 2. The van der Waals surface area contributed by atoms with Crippen molar-refractivity contribution in [3.05, 3.63) is 107 Å². The molecule has 0 atom stereocenters. The van der Waals surface area contributed by atoms with Crippen molar-refractivity contribution in [2.24, 2.45) is 4.99 Å². The van der Waals surface area contributed by atoms with Gasteiger partial charge in [0.1, 0.15) is 6.54 Å². The number of pyridine rings is 1. The second-order valence-corrected chi connectivity index (χ2v) is 11.5. The quantitative estimate of drug-likeness (QED) is 0.100. The van der Waals surface area contributed by atoms with Crippen molar-refractivity contribution in [1.29, 1.82) is 0 Å². The first kappa shape index (κ1) is 42.2. The summed E-state index contributed by atoms with van der Waals surface area (Å²) in [6.07, 6.45) is 17.8. The van der Waals surface area contributed by atoms with Crippen LogP contribution in [0.2, 0.25) is 5.02 Å². The highest BCUT2D eigenvalue weighted by Gasteiger charge is 2.22. The van der Waals surface area contributed by atoms with Crippen LogP contribution in [-0.2, 0) is 9.53 Å². The van der Waals surface area contributed by atoms with Gasteiger partial charge in [-0.2, -0.15) is 0 Å². The molecule has 8 nitrogen and oxygen atoms in total. The lowest BCUT2D eigenvalue weighted by atomic mass is 10.0. The molecule has 2 heterocycles. The number of fused-ring (bicyclic) bond motifs is 1. The molecule has 0 fully saturated rings. The van der Waals surface area contributed by atoms with E-state index in [1.54, 1.807) is 48.6 Å². The van der Waals surface area contributed by atoms with Gasteiger partial charge in [0.2, 0.25) is 5.91 Å². The van der Waals surface area contributed by atoms with Crippen LogP contribution in [0, 0.1) is 0 Å². The Labute approximate surface area is 292 Å². The Hall–Kier alpha value is -3.85. The molecule has 48 heavy (non-hydrogen) atoms. The average molecular weight is 680 g/mol. The number of hydrogen-bond acceptors (Lipinski definition) is 7. The van der Waals surface area contributed by atoms with Gasteiger partial charge in [0.15, 0.2) is 0 Å². The summed E-state index contributed by atoms with van der Waals surface area (Å²) in [5.74, 6) is -0.293. The molecule has 9 heteroatoms. The van der Waals surface area contributed by atoms with Crippen molar-refractivity contribution in [3.63, 3.8) is 0 Å². The minimum Gasteiger partial charge on any atom is -0.462 e. The number of benzene rings is 2. The smallest absolute Gasteiger partial charge is 0.339 e. The summed E-state index contributed by atoms with van der Waals surface area (Å²) >= 11 is 6.11. The van der Waals surface area contributed by atoms with E-state index < -0.39 is 0 Å². The first-order valence-electron chi connectivity index (χ1n) is 16.9. The number of carbonyl (C=O) groups excluding carboxylic acids is 2. The van der Waals surface area contributed by atoms with Crippen molar-refractivity contribution in [2.75, 3.05) is 38.3 Å². The number of nitrogens with zero attached hydrogens (tertiary/aromatic N) is 3. The van der Waals surface area contributed by atoms with Gasteiger partial charge >= 0.3 is 5.97 Å². The predicted octanol–water partition coefficient (Wildman–Crippen LogP) is 8.48. The van der Waals surface area contributed by atoms with Crippen molar-refractivity contribution < 1.29 is 24.5 Å². The molecule has 1 aliphatic rings. The summed E-state index contributed by atoms with van der Waals surface area (Å²) in [5, 5.41) is 15.9. The van der Waals surface area contributed by atoms with Crippen LogP contribution in [0.5, 0.6) is 0 Å². The molecule has 2 aromatic carbocycles. The Morgan fingerprint density at radius 3 is 2.10 bits per heavy atom. The third kappa shape index (κ3) is 17.3. The van der Waals surface area contributed by atoms with Gasteiger partial charge in [-0.05, 0) is 43.7 Å². The first-order valence-corrected chi connectivity index (χ1v) is 17.2. The molecule has 1 aromatic heterocycles. The summed E-state index contributed by atoms with van der Waals surface area (Å²) in [6, 6.07) is 18.8. The summed E-state index contributed by atoms with van der Waals surface area (Å²) in [6.45, 7) is 7.92. The molecule has 1 amide bonds. The SMILES string of the molecule is C=CC.CCCCCCCCCCCCOC(=O)c1cccnc1.CN1C(=O)CN=C(c2ccccc2)c2cc(Cl)ccc21.OCCO. The summed E-state index contributed by atoms with van der Waals surface area (Å²) in [4.78, 5) is 33.7. The lowest BCUT2D eigenvalue weighted by Gasteiger charge is -2.18. The molecule has 2 N–H and O–H groups in total. The number of aliphatic imine (C=N–C) groups is 1. The average Bonchev–Trinajstić information content (AvgIpc) is 3.23. The standard InChI is InChI=1S/C18H29NO2.C16H13ClN2O.C3H6.C2H6O2/c1-2-3-4-5-6-7-8-9-10-11-15-21-18(20)17-13-12-14-19-16-17;1-19-14-8-7-12(17)9-13(14)16(18-10-15(19)20)11-5-3-2-4-6-11;1-3-2;3-1-2-4/h12-14,16H,2-11,15H2,1H3;2-9H,10H2,1H3;3H,1H2,2H3;3-4H,1-2H2. The summed E-state index contributed by atoms with van der Waals surface area (Å²) < 4.78 is 5.22. The van der Waals surface area contributed by atoms with E-state index in [0.29, 0.717) is 17.2 Å². The molecular weight excluding hydrogens is 626 g/mol. The predicted molar refractivity (Wildman–Crippen MR) is 198 cm³/mol. The van der Waals surface area contributed by atoms with Gasteiger partial charge in [0.05, 0.1) is 36.8 Å². The number of aliphatic hydroxyl groups excluding tert-OH is 2. The Morgan fingerprint density at radius 1 is 0.938 bits per heavy atom. The van der Waals surface area contributed by atoms with Crippen molar-refractivity contribution >= 4 is 34.9 Å². The maximum Gasteiger partial charge on any atom is 0.339 e. The fourth-order valence-electron chi connectivity index (χ4n) is 4.63. The van der Waals surface area contributed by atoms with E-state index in [0.717, 1.165) is 35.4 Å². The number of aromatic nitrogens is 1. The topological polar surface area (TPSA) is 112 Å². The van der Waals surface area contributed by atoms with E-state index in [2.05, 4.69) is 23.5 Å². The molecule has 0 aliphatic carbocycles. The Kier molecular flexibility index (Phi) is 23.8. The van der Waals surface area contributed by atoms with Crippen LogP contribution in [0.25, 0.3) is 0 Å². The molecule has 0 saturated carbocycles. The summed E-state index contributed by atoms with van der Waals surface area (Å²) in [5.41, 5.74) is 4.04. The zero-order valence-electron chi connectivity index (χ0n) is 29.0. The third-order valence-corrected chi connectivity index (χ3v) is 7.33. The highest BCUT2D eigenvalue weighted by atomic mass is 35.5. The number of unbranched alkanes of at least 4 members (excludes halogenated alkanes) is 9. The van der Waals surface area contributed by atoms with Crippen LogP contribution in [0.1, 0.15) is 99.5 Å². The van der Waals surface area contributed by atoms with Gasteiger partial charge in [0.25, 0.3) is 0 Å². The number of likely N-dealkylation sites (N-methyl/N-ethyl adjacent to an activating group) is 1. The number of carbonyl (C=O) groups is 2. The molecule has 0 spiro atoms. The maximum atomic E-state index is 12.0. The van der Waals surface area contributed by atoms with Crippen LogP contribution in [0.3, 0.4) is 0 Å². The molecule has 0 unspecified atom stereocenters. The van der Waals surface area contributed by atoms with Crippen LogP contribution in [-0.4, -0.2) is 66.2 Å².